The number of hydrogen-bond acceptors (Lipinski definition) is 7. The van der Waals surface area contributed by atoms with Gasteiger partial charge in [-0.25, -0.2) is 0 Å². The topological polar surface area (TPSA) is 80.3 Å². The molecule has 7 nitrogen and oxygen atoms in total. The summed E-state index contributed by atoms with van der Waals surface area (Å²) in [5, 5.41) is 0. The monoisotopic (exact) mass is 292 g/mol. The molecule has 0 saturated heterocycles. The maximum Gasteiger partial charge on any atom is 0.313 e. The van der Waals surface area contributed by atoms with Crippen molar-refractivity contribution in [1.29, 1.82) is 0 Å². The van der Waals surface area contributed by atoms with Crippen LogP contribution in [0.5, 0.6) is 0 Å². The van der Waals surface area contributed by atoms with Crippen LogP contribution in [0.4, 0.5) is 0 Å². The number of esters is 1. The molecule has 118 valence electrons. The van der Waals surface area contributed by atoms with E-state index >= 15 is 0 Å². The van der Waals surface area contributed by atoms with Crippen LogP contribution in [0.1, 0.15) is 13.3 Å². The van der Waals surface area contributed by atoms with E-state index < -0.39 is 5.97 Å². The van der Waals surface area contributed by atoms with Crippen molar-refractivity contribution in [2.24, 2.45) is 0 Å². The van der Waals surface area contributed by atoms with Crippen LogP contribution in [-0.4, -0.2) is 71.7 Å². The van der Waals surface area contributed by atoms with Crippen LogP contribution in [0.25, 0.3) is 0 Å². The van der Waals surface area contributed by atoms with Gasteiger partial charge in [-0.05, 0) is 6.92 Å². The van der Waals surface area contributed by atoms with Gasteiger partial charge in [-0.1, -0.05) is 0 Å². The Balaban J connectivity index is 3.23. The van der Waals surface area contributed by atoms with Crippen LogP contribution >= 0.6 is 0 Å². The predicted molar refractivity (Wildman–Crippen MR) is 70.6 cm³/mol. The van der Waals surface area contributed by atoms with Crippen LogP contribution in [0.3, 0.4) is 0 Å². The van der Waals surface area contributed by atoms with Crippen molar-refractivity contribution in [3.05, 3.63) is 0 Å². The smallest absolute Gasteiger partial charge is 0.313 e. The highest BCUT2D eigenvalue weighted by Crippen LogP contribution is 1.90. The second kappa shape index (κ2) is 14.4. The van der Waals surface area contributed by atoms with Gasteiger partial charge in [0.1, 0.15) is 13.0 Å². The van der Waals surface area contributed by atoms with E-state index in [0.29, 0.717) is 39.6 Å². The maximum atomic E-state index is 11.3. The third kappa shape index (κ3) is 13.4. The number of rotatable bonds is 14. The van der Waals surface area contributed by atoms with E-state index in [-0.39, 0.29) is 25.4 Å². The molecule has 0 fully saturated rings. The summed E-state index contributed by atoms with van der Waals surface area (Å²) in [6.45, 7) is 4.58. The van der Waals surface area contributed by atoms with E-state index in [1.807, 2.05) is 0 Å². The summed E-state index contributed by atoms with van der Waals surface area (Å²) in [5.41, 5.74) is 0. The first-order valence-electron chi connectivity index (χ1n) is 6.60. The minimum atomic E-state index is -0.523. The molecule has 0 aliphatic rings. The zero-order valence-corrected chi connectivity index (χ0v) is 12.2. The van der Waals surface area contributed by atoms with E-state index in [1.54, 1.807) is 14.0 Å². The minimum absolute atomic E-state index is 0.105. The van der Waals surface area contributed by atoms with Crippen molar-refractivity contribution >= 4 is 11.8 Å². The summed E-state index contributed by atoms with van der Waals surface area (Å²) in [6.07, 6.45) is -0.248. The number of ketones is 1. The molecular weight excluding hydrogens is 268 g/mol. The van der Waals surface area contributed by atoms with E-state index in [0.717, 1.165) is 0 Å². The van der Waals surface area contributed by atoms with Crippen molar-refractivity contribution in [2.45, 2.75) is 13.3 Å². The summed E-state index contributed by atoms with van der Waals surface area (Å²) in [4.78, 5) is 22.3. The van der Waals surface area contributed by atoms with E-state index in [4.69, 9.17) is 18.9 Å². The van der Waals surface area contributed by atoms with E-state index in [2.05, 4.69) is 4.74 Å². The van der Waals surface area contributed by atoms with Crippen LogP contribution in [0.2, 0.25) is 0 Å². The molecule has 0 aromatic rings. The molecule has 0 aliphatic heterocycles. The summed E-state index contributed by atoms with van der Waals surface area (Å²) in [5.74, 6) is -0.822. The molecule has 0 rings (SSSR count). The molecule has 20 heavy (non-hydrogen) atoms. The Hall–Kier alpha value is -1.02. The average molecular weight is 292 g/mol. The van der Waals surface area contributed by atoms with Gasteiger partial charge in [0.05, 0.1) is 46.2 Å². The third-order valence-corrected chi connectivity index (χ3v) is 2.09. The lowest BCUT2D eigenvalue weighted by Gasteiger charge is -2.06. The lowest BCUT2D eigenvalue weighted by molar-refractivity contribution is -0.146. The molecular formula is C13H24O7. The molecule has 7 heteroatoms. The molecule has 0 N–H and O–H groups in total. The van der Waals surface area contributed by atoms with Gasteiger partial charge in [0.25, 0.3) is 0 Å². The van der Waals surface area contributed by atoms with Crippen LogP contribution < -0.4 is 0 Å². The van der Waals surface area contributed by atoms with Gasteiger partial charge in [-0.3, -0.25) is 9.59 Å². The number of ether oxygens (including phenoxy) is 5. The molecule has 0 aliphatic carbocycles. The highest BCUT2D eigenvalue weighted by molar-refractivity contribution is 5.96. The van der Waals surface area contributed by atoms with Crippen molar-refractivity contribution in [1.82, 2.24) is 0 Å². The fraction of sp³-hybridized carbons (Fsp3) is 0.846. The van der Waals surface area contributed by atoms with Gasteiger partial charge in [0, 0.05) is 7.11 Å². The van der Waals surface area contributed by atoms with Gasteiger partial charge in [0.2, 0.25) is 0 Å². The summed E-state index contributed by atoms with van der Waals surface area (Å²) in [7, 11) is 1.61. The van der Waals surface area contributed by atoms with Gasteiger partial charge >= 0.3 is 5.97 Å². The molecule has 0 spiro atoms. The minimum Gasteiger partial charge on any atom is -0.466 e. The van der Waals surface area contributed by atoms with E-state index in [1.165, 1.54) is 0 Å². The molecule has 0 unspecified atom stereocenters. The van der Waals surface area contributed by atoms with Gasteiger partial charge in [0.15, 0.2) is 5.78 Å². The van der Waals surface area contributed by atoms with Crippen LogP contribution in [0.15, 0.2) is 0 Å². The van der Waals surface area contributed by atoms with Crippen LogP contribution in [-0.2, 0) is 33.3 Å². The number of carbonyl (C=O) groups is 2. The van der Waals surface area contributed by atoms with Crippen molar-refractivity contribution in [2.75, 3.05) is 60.0 Å². The fourth-order valence-corrected chi connectivity index (χ4v) is 1.19. The van der Waals surface area contributed by atoms with Crippen molar-refractivity contribution < 1.29 is 33.3 Å². The average Bonchev–Trinajstić information content (AvgIpc) is 2.41. The first-order chi connectivity index (χ1) is 9.70. The zero-order valence-electron chi connectivity index (χ0n) is 12.2. The Morgan fingerprint density at radius 3 is 1.95 bits per heavy atom. The fourth-order valence-electron chi connectivity index (χ4n) is 1.19. The lowest BCUT2D eigenvalue weighted by Crippen LogP contribution is -2.18. The summed E-state index contributed by atoms with van der Waals surface area (Å²) >= 11 is 0. The molecule has 0 amide bonds. The third-order valence-electron chi connectivity index (χ3n) is 2.09. The summed E-state index contributed by atoms with van der Waals surface area (Å²) in [6, 6.07) is 0. The molecule has 0 atom stereocenters. The first kappa shape index (κ1) is 19.0. The number of methoxy groups -OCH3 is 1. The molecule has 0 aromatic carbocycles. The van der Waals surface area contributed by atoms with Crippen molar-refractivity contribution in [3.8, 4) is 0 Å². The predicted octanol–water partition coefficient (Wildman–Crippen LogP) is 0.205. The van der Waals surface area contributed by atoms with Gasteiger partial charge in [-0.15, -0.1) is 0 Å². The number of carbonyl (C=O) groups excluding carboxylic acids is 2. The molecule has 0 saturated carbocycles. The zero-order chi connectivity index (χ0) is 15.1. The highest BCUT2D eigenvalue weighted by atomic mass is 16.6. The molecule has 0 bridgehead atoms. The standard InChI is InChI=1S/C13H24O7/c1-3-20-13(15)10-12(14)11-19-9-8-18-7-6-17-5-4-16-2/h3-11H2,1-2H3. The number of hydrogen-bond donors (Lipinski definition) is 0. The lowest BCUT2D eigenvalue weighted by atomic mass is 10.3. The summed E-state index contributed by atoms with van der Waals surface area (Å²) < 4.78 is 25.0. The molecule has 0 aromatic heterocycles. The van der Waals surface area contributed by atoms with Crippen LogP contribution in [0, 0.1) is 0 Å². The molecule has 0 radical (unpaired) electrons. The second-order valence-corrected chi connectivity index (χ2v) is 3.79. The van der Waals surface area contributed by atoms with Gasteiger partial charge in [-0.2, -0.15) is 0 Å². The van der Waals surface area contributed by atoms with Crippen molar-refractivity contribution in [3.63, 3.8) is 0 Å². The normalized spacial score (nSPS) is 10.5. The van der Waals surface area contributed by atoms with Gasteiger partial charge < -0.3 is 23.7 Å². The SMILES string of the molecule is CCOC(=O)CC(=O)COCCOCCOCCOC. The quantitative estimate of drug-likeness (QED) is 0.257. The first-order valence-corrected chi connectivity index (χ1v) is 6.60. The Labute approximate surface area is 119 Å². The Morgan fingerprint density at radius 1 is 0.850 bits per heavy atom. The Kier molecular flexibility index (Phi) is 13.7. The molecule has 0 heterocycles. The Morgan fingerprint density at radius 2 is 1.40 bits per heavy atom. The largest absolute Gasteiger partial charge is 0.466 e. The second-order valence-electron chi connectivity index (χ2n) is 3.79. The Bertz CT molecular complexity index is 255. The number of Topliss-reactive ketones (excluding diaryl/α,β-unsaturated/α-hetero) is 1. The highest BCUT2D eigenvalue weighted by Gasteiger charge is 2.09. The van der Waals surface area contributed by atoms with E-state index in [9.17, 15) is 9.59 Å². The maximum absolute atomic E-state index is 11.3.